The molecule has 1 aliphatic heterocycles. The molecule has 0 aromatic carbocycles. The van der Waals surface area contributed by atoms with Crippen molar-refractivity contribution in [2.45, 2.75) is 39.2 Å². The lowest BCUT2D eigenvalue weighted by molar-refractivity contribution is 0.190. The molecule has 1 fully saturated rings. The lowest BCUT2D eigenvalue weighted by Gasteiger charge is -2.32. The summed E-state index contributed by atoms with van der Waals surface area (Å²) in [4.78, 5) is 2.42. The summed E-state index contributed by atoms with van der Waals surface area (Å²) in [5.74, 6) is 1.40. The first-order valence-corrected chi connectivity index (χ1v) is 6.66. The highest BCUT2D eigenvalue weighted by Gasteiger charge is 2.19. The van der Waals surface area contributed by atoms with Gasteiger partial charge in [-0.3, -0.25) is 0 Å². The Kier molecular flexibility index (Phi) is 6.32. The van der Waals surface area contributed by atoms with Crippen LogP contribution in [0.1, 0.15) is 33.1 Å². The van der Waals surface area contributed by atoms with E-state index in [4.69, 9.17) is 5.11 Å². The number of nitrogens with zero attached hydrogens (tertiary/aromatic N) is 1. The summed E-state index contributed by atoms with van der Waals surface area (Å²) in [7, 11) is 2.21. The Bertz CT molecular complexity index is 185. The van der Waals surface area contributed by atoms with Crippen LogP contribution < -0.4 is 5.32 Å². The first-order chi connectivity index (χ1) is 7.63. The van der Waals surface area contributed by atoms with Crippen molar-refractivity contribution >= 4 is 0 Å². The fourth-order valence-corrected chi connectivity index (χ4v) is 2.57. The van der Waals surface area contributed by atoms with E-state index in [9.17, 15) is 0 Å². The summed E-state index contributed by atoms with van der Waals surface area (Å²) in [5, 5.41) is 12.6. The number of likely N-dealkylation sites (tertiary alicyclic amines) is 1. The number of nitrogens with one attached hydrogen (secondary N) is 1. The molecule has 2 unspecified atom stereocenters. The summed E-state index contributed by atoms with van der Waals surface area (Å²) in [6.45, 7) is 8.31. The third-order valence-electron chi connectivity index (χ3n) is 3.64. The van der Waals surface area contributed by atoms with Gasteiger partial charge in [-0.2, -0.15) is 0 Å². The molecule has 0 aliphatic carbocycles. The Hall–Kier alpha value is -0.120. The van der Waals surface area contributed by atoms with Crippen LogP contribution in [0.15, 0.2) is 0 Å². The van der Waals surface area contributed by atoms with Crippen molar-refractivity contribution < 1.29 is 5.11 Å². The topological polar surface area (TPSA) is 35.5 Å². The van der Waals surface area contributed by atoms with Gasteiger partial charge in [0.05, 0.1) is 0 Å². The normalized spacial score (nSPS) is 24.9. The molecular weight excluding hydrogens is 200 g/mol. The lowest BCUT2D eigenvalue weighted by atomic mass is 9.96. The highest BCUT2D eigenvalue weighted by atomic mass is 16.3. The summed E-state index contributed by atoms with van der Waals surface area (Å²) in [5.41, 5.74) is 0. The van der Waals surface area contributed by atoms with Gasteiger partial charge >= 0.3 is 0 Å². The minimum Gasteiger partial charge on any atom is -0.396 e. The summed E-state index contributed by atoms with van der Waals surface area (Å²) in [6.07, 6.45) is 3.55. The quantitative estimate of drug-likeness (QED) is 0.720. The van der Waals surface area contributed by atoms with E-state index in [1.165, 1.54) is 25.9 Å². The van der Waals surface area contributed by atoms with Gasteiger partial charge in [-0.25, -0.2) is 0 Å². The van der Waals surface area contributed by atoms with E-state index in [1.807, 2.05) is 0 Å². The van der Waals surface area contributed by atoms with E-state index in [0.29, 0.717) is 18.6 Å². The predicted molar refractivity (Wildman–Crippen MR) is 68.6 cm³/mol. The maximum atomic E-state index is 9.02. The second kappa shape index (κ2) is 7.25. The Morgan fingerprint density at radius 3 is 2.75 bits per heavy atom. The average Bonchev–Trinajstić information content (AvgIpc) is 2.24. The maximum Gasteiger partial charge on any atom is 0.0445 e. The van der Waals surface area contributed by atoms with Crippen LogP contribution in [0.2, 0.25) is 0 Å². The summed E-state index contributed by atoms with van der Waals surface area (Å²) >= 11 is 0. The van der Waals surface area contributed by atoms with Gasteiger partial charge in [-0.05, 0) is 51.2 Å². The molecule has 0 bridgehead atoms. The monoisotopic (exact) mass is 228 g/mol. The molecule has 0 amide bonds. The first kappa shape index (κ1) is 13.9. The summed E-state index contributed by atoms with van der Waals surface area (Å²) in [6, 6.07) is 0.470. The molecule has 0 saturated carbocycles. The SMILES string of the molecule is CC(C)C(CCO)NCC1CCCN(C)C1. The van der Waals surface area contributed by atoms with Gasteiger partial charge in [-0.1, -0.05) is 13.8 Å². The average molecular weight is 228 g/mol. The molecule has 96 valence electrons. The van der Waals surface area contributed by atoms with Crippen molar-refractivity contribution in [1.82, 2.24) is 10.2 Å². The highest BCUT2D eigenvalue weighted by Crippen LogP contribution is 2.15. The molecule has 2 N–H and O–H groups in total. The van der Waals surface area contributed by atoms with Crippen molar-refractivity contribution in [2.75, 3.05) is 33.3 Å². The van der Waals surface area contributed by atoms with Crippen LogP contribution in [-0.4, -0.2) is 49.3 Å². The molecular formula is C13H28N2O. The molecule has 0 radical (unpaired) electrons. The zero-order valence-electron chi connectivity index (χ0n) is 11.1. The third-order valence-corrected chi connectivity index (χ3v) is 3.64. The largest absolute Gasteiger partial charge is 0.396 e. The van der Waals surface area contributed by atoms with E-state index in [1.54, 1.807) is 0 Å². The maximum absolute atomic E-state index is 9.02. The van der Waals surface area contributed by atoms with E-state index in [2.05, 4.69) is 31.1 Å². The molecule has 0 spiro atoms. The highest BCUT2D eigenvalue weighted by molar-refractivity contribution is 4.76. The van der Waals surface area contributed by atoms with Crippen molar-refractivity contribution in [3.8, 4) is 0 Å². The Balaban J connectivity index is 2.25. The van der Waals surface area contributed by atoms with Gasteiger partial charge in [0.15, 0.2) is 0 Å². The number of aliphatic hydroxyl groups excluding tert-OH is 1. The molecule has 1 heterocycles. The predicted octanol–water partition coefficient (Wildman–Crippen LogP) is 1.32. The number of aliphatic hydroxyl groups is 1. The van der Waals surface area contributed by atoms with Gasteiger partial charge < -0.3 is 15.3 Å². The van der Waals surface area contributed by atoms with Crippen LogP contribution in [0, 0.1) is 11.8 Å². The van der Waals surface area contributed by atoms with Crippen LogP contribution >= 0.6 is 0 Å². The van der Waals surface area contributed by atoms with E-state index >= 15 is 0 Å². The lowest BCUT2D eigenvalue weighted by Crippen LogP contribution is -2.42. The number of hydrogen-bond acceptors (Lipinski definition) is 3. The van der Waals surface area contributed by atoms with Gasteiger partial charge in [0.25, 0.3) is 0 Å². The zero-order valence-corrected chi connectivity index (χ0v) is 11.1. The van der Waals surface area contributed by atoms with E-state index < -0.39 is 0 Å². The zero-order chi connectivity index (χ0) is 12.0. The first-order valence-electron chi connectivity index (χ1n) is 6.66. The molecule has 16 heavy (non-hydrogen) atoms. The van der Waals surface area contributed by atoms with E-state index in [-0.39, 0.29) is 0 Å². The van der Waals surface area contributed by atoms with Gasteiger partial charge in [-0.15, -0.1) is 0 Å². The van der Waals surface area contributed by atoms with Gasteiger partial charge in [0, 0.05) is 19.2 Å². The van der Waals surface area contributed by atoms with Crippen LogP contribution in [0.4, 0.5) is 0 Å². The smallest absolute Gasteiger partial charge is 0.0445 e. The van der Waals surface area contributed by atoms with Crippen molar-refractivity contribution in [3.05, 3.63) is 0 Å². The molecule has 1 rings (SSSR count). The molecule has 2 atom stereocenters. The number of piperidine rings is 1. The van der Waals surface area contributed by atoms with Crippen LogP contribution in [-0.2, 0) is 0 Å². The standard InChI is InChI=1S/C13H28N2O/c1-11(2)13(6-8-16)14-9-12-5-4-7-15(3)10-12/h11-14,16H,4-10H2,1-3H3. The van der Waals surface area contributed by atoms with Crippen LogP contribution in [0.25, 0.3) is 0 Å². The summed E-state index contributed by atoms with van der Waals surface area (Å²) < 4.78 is 0. The number of hydrogen-bond donors (Lipinski definition) is 2. The third kappa shape index (κ3) is 4.81. The second-order valence-corrected chi connectivity index (χ2v) is 5.54. The fourth-order valence-electron chi connectivity index (χ4n) is 2.57. The van der Waals surface area contributed by atoms with Crippen molar-refractivity contribution in [3.63, 3.8) is 0 Å². The minimum atomic E-state index is 0.292. The number of rotatable bonds is 6. The Morgan fingerprint density at radius 2 is 2.19 bits per heavy atom. The molecule has 0 aromatic heterocycles. The minimum absolute atomic E-state index is 0.292. The molecule has 3 heteroatoms. The van der Waals surface area contributed by atoms with E-state index in [0.717, 1.165) is 18.9 Å². The van der Waals surface area contributed by atoms with Crippen LogP contribution in [0.3, 0.4) is 0 Å². The van der Waals surface area contributed by atoms with Crippen LogP contribution in [0.5, 0.6) is 0 Å². The van der Waals surface area contributed by atoms with Gasteiger partial charge in [0.2, 0.25) is 0 Å². The molecule has 0 aromatic rings. The second-order valence-electron chi connectivity index (χ2n) is 5.54. The molecule has 1 saturated heterocycles. The van der Waals surface area contributed by atoms with Gasteiger partial charge in [0.1, 0.15) is 0 Å². The van der Waals surface area contributed by atoms with Crippen molar-refractivity contribution in [2.24, 2.45) is 11.8 Å². The molecule has 3 nitrogen and oxygen atoms in total. The Morgan fingerprint density at radius 1 is 1.44 bits per heavy atom. The fraction of sp³-hybridized carbons (Fsp3) is 1.00. The van der Waals surface area contributed by atoms with Crippen molar-refractivity contribution in [1.29, 1.82) is 0 Å². The Labute approximate surface area is 100 Å². The molecule has 1 aliphatic rings.